The first-order valence-electron chi connectivity index (χ1n) is 22.2. The number of piperazine rings is 1. The van der Waals surface area contributed by atoms with Crippen molar-refractivity contribution in [2.24, 2.45) is 5.92 Å². The monoisotopic (exact) mass is 834 g/mol. The Morgan fingerprint density at radius 2 is 1.64 bits per heavy atom. The molecule has 3 fully saturated rings. The minimum Gasteiger partial charge on any atom is -0.368 e. The second-order valence-electron chi connectivity index (χ2n) is 17.7. The summed E-state index contributed by atoms with van der Waals surface area (Å²) in [7, 11) is 4.20. The number of aromatic nitrogens is 4. The number of hydrogen-bond acceptors (Lipinski definition) is 11. The summed E-state index contributed by atoms with van der Waals surface area (Å²) in [6.45, 7) is 11.8. The van der Waals surface area contributed by atoms with Gasteiger partial charge in [0, 0.05) is 94.5 Å². The summed E-state index contributed by atoms with van der Waals surface area (Å²) >= 11 is 0. The average Bonchev–Trinajstić information content (AvgIpc) is 3.90. The third kappa shape index (κ3) is 10.0. The fourth-order valence-electron chi connectivity index (χ4n) is 9.74. The van der Waals surface area contributed by atoms with E-state index in [0.29, 0.717) is 51.6 Å². The SMILES string of the molecule is Cc1cc(C[C@@H](NC(=O)N2CCC(N3c4cccnc4NC3C)CC2)C(=O)N[C@@H](CC2CCN(CCN(C)C)CC2)C(=O)N2CCN(c3ccncc3)CC2)cc2cn[nH]c12. The van der Waals surface area contributed by atoms with Gasteiger partial charge in [-0.05, 0) is 121 Å². The Balaban J connectivity index is 0.977. The molecule has 0 radical (unpaired) electrons. The Hall–Kier alpha value is -5.48. The fraction of sp³-hybridized carbons (Fsp3) is 0.556. The summed E-state index contributed by atoms with van der Waals surface area (Å²) in [5, 5.41) is 18.1. The van der Waals surface area contributed by atoms with E-state index in [1.54, 1.807) is 24.8 Å². The summed E-state index contributed by atoms with van der Waals surface area (Å²) < 4.78 is 0. The number of aromatic amines is 1. The third-order valence-electron chi connectivity index (χ3n) is 13.2. The number of carbonyl (C=O) groups excluding carboxylic acids is 3. The van der Waals surface area contributed by atoms with Gasteiger partial charge < -0.3 is 45.3 Å². The van der Waals surface area contributed by atoms with E-state index in [-0.39, 0.29) is 36.5 Å². The number of fused-ring (bicyclic) bond motifs is 2. The molecule has 3 aromatic heterocycles. The minimum absolute atomic E-state index is 0.0528. The molecule has 1 aromatic carbocycles. The van der Waals surface area contributed by atoms with Gasteiger partial charge in [-0.15, -0.1) is 0 Å². The summed E-state index contributed by atoms with van der Waals surface area (Å²) in [5.74, 6) is 0.788. The molecule has 16 heteroatoms. The number of aryl methyl sites for hydroxylation is 1. The van der Waals surface area contributed by atoms with Gasteiger partial charge in [-0.3, -0.25) is 19.7 Å². The highest BCUT2D eigenvalue weighted by atomic mass is 16.2. The molecule has 0 spiro atoms. The number of urea groups is 1. The van der Waals surface area contributed by atoms with E-state index in [2.05, 4.69) is 82.8 Å². The molecule has 0 aliphatic carbocycles. The first-order chi connectivity index (χ1) is 29.6. The summed E-state index contributed by atoms with van der Waals surface area (Å²) in [6.07, 6.45) is 11.6. The number of carbonyl (C=O) groups is 3. The second kappa shape index (κ2) is 19.1. The number of pyridine rings is 2. The van der Waals surface area contributed by atoms with E-state index >= 15 is 0 Å². The third-order valence-corrected chi connectivity index (χ3v) is 13.2. The summed E-state index contributed by atoms with van der Waals surface area (Å²) in [6, 6.07) is 10.5. The van der Waals surface area contributed by atoms with Crippen LogP contribution in [0.1, 0.15) is 50.2 Å². The molecular weight excluding hydrogens is 771 g/mol. The summed E-state index contributed by atoms with van der Waals surface area (Å²) in [5.41, 5.74) is 5.04. The number of likely N-dealkylation sites (tertiary alicyclic amines) is 2. The molecule has 3 saturated heterocycles. The number of hydrogen-bond donors (Lipinski definition) is 4. The van der Waals surface area contributed by atoms with Crippen LogP contribution < -0.4 is 25.8 Å². The Kier molecular flexibility index (Phi) is 13.2. The Bertz CT molecular complexity index is 2110. The van der Waals surface area contributed by atoms with E-state index in [1.165, 1.54) is 0 Å². The lowest BCUT2D eigenvalue weighted by molar-refractivity contribution is -0.137. The van der Waals surface area contributed by atoms with E-state index in [0.717, 1.165) is 91.1 Å². The normalized spacial score (nSPS) is 20.1. The van der Waals surface area contributed by atoms with Crippen molar-refractivity contribution in [1.29, 1.82) is 0 Å². The van der Waals surface area contributed by atoms with Crippen molar-refractivity contribution < 1.29 is 14.4 Å². The highest BCUT2D eigenvalue weighted by Gasteiger charge is 2.37. The van der Waals surface area contributed by atoms with Crippen molar-refractivity contribution >= 4 is 45.9 Å². The highest BCUT2D eigenvalue weighted by molar-refractivity contribution is 5.92. The largest absolute Gasteiger partial charge is 0.368 e. The maximum Gasteiger partial charge on any atom is 0.318 e. The lowest BCUT2D eigenvalue weighted by Gasteiger charge is -2.40. The molecule has 0 saturated carbocycles. The van der Waals surface area contributed by atoms with E-state index in [1.807, 2.05) is 47.1 Å². The van der Waals surface area contributed by atoms with Crippen molar-refractivity contribution in [1.82, 2.24) is 50.4 Å². The predicted molar refractivity (Wildman–Crippen MR) is 239 cm³/mol. The fourth-order valence-corrected chi connectivity index (χ4v) is 9.74. The smallest absolute Gasteiger partial charge is 0.318 e. The van der Waals surface area contributed by atoms with Gasteiger partial charge in [-0.2, -0.15) is 5.10 Å². The number of H-pyrrole nitrogens is 1. The van der Waals surface area contributed by atoms with E-state index in [9.17, 15) is 14.4 Å². The van der Waals surface area contributed by atoms with Crippen LogP contribution in [-0.2, 0) is 16.0 Å². The van der Waals surface area contributed by atoms with Gasteiger partial charge in [0.15, 0.2) is 5.82 Å². The van der Waals surface area contributed by atoms with Crippen LogP contribution >= 0.6 is 0 Å². The van der Waals surface area contributed by atoms with Crippen LogP contribution in [0.15, 0.2) is 61.2 Å². The van der Waals surface area contributed by atoms with E-state index in [4.69, 9.17) is 0 Å². The minimum atomic E-state index is -0.901. The zero-order chi connectivity index (χ0) is 42.5. The number of likely N-dealkylation sites (N-methyl/N-ethyl adjacent to an activating group) is 1. The van der Waals surface area contributed by atoms with Crippen molar-refractivity contribution in [3.05, 3.63) is 72.3 Å². The molecule has 7 heterocycles. The van der Waals surface area contributed by atoms with Crippen LogP contribution in [0, 0.1) is 12.8 Å². The molecule has 326 valence electrons. The second-order valence-corrected chi connectivity index (χ2v) is 17.7. The standard InChI is InChI=1S/C45H63N13O3/c1-31-26-34(27-35-30-48-52-41(31)35)29-38(51-45(61)57-18-11-37(12-19-57)58-32(2)49-42-40(58)6-5-13-47-42)43(59)50-39(28-33-9-16-54(17-10-33)21-20-53(3)4)44(60)56-24-22-55(23-25-56)36-7-14-46-15-8-36/h5-8,13-15,26-27,30,32-33,37-39H,9-12,16-25,28-29H2,1-4H3,(H,47,49)(H,48,52)(H,50,59)(H,51,61)/t32?,38-,39+/m1/s1. The molecule has 4 aliphatic rings. The van der Waals surface area contributed by atoms with E-state index < -0.39 is 12.1 Å². The van der Waals surface area contributed by atoms with Crippen LogP contribution in [0.3, 0.4) is 0 Å². The lowest BCUT2D eigenvalue weighted by atomic mass is 9.89. The van der Waals surface area contributed by atoms with Crippen molar-refractivity contribution in [3.8, 4) is 0 Å². The van der Waals surface area contributed by atoms with Gasteiger partial charge >= 0.3 is 6.03 Å². The quantitative estimate of drug-likeness (QED) is 0.156. The molecule has 8 rings (SSSR count). The number of amides is 4. The van der Waals surface area contributed by atoms with Crippen LogP contribution in [-0.4, -0.2) is 161 Å². The van der Waals surface area contributed by atoms with Gasteiger partial charge in [0.25, 0.3) is 0 Å². The van der Waals surface area contributed by atoms with Crippen molar-refractivity contribution in [2.75, 3.05) is 94.7 Å². The van der Waals surface area contributed by atoms with Gasteiger partial charge in [0.1, 0.15) is 12.1 Å². The number of nitrogens with one attached hydrogen (secondary N) is 4. The first kappa shape index (κ1) is 42.2. The summed E-state index contributed by atoms with van der Waals surface area (Å²) in [4.78, 5) is 65.3. The molecule has 0 bridgehead atoms. The molecular formula is C45H63N13O3. The Labute approximate surface area is 359 Å². The molecule has 16 nitrogen and oxygen atoms in total. The number of rotatable bonds is 13. The number of piperidine rings is 2. The Morgan fingerprint density at radius 3 is 2.38 bits per heavy atom. The Morgan fingerprint density at radius 1 is 0.885 bits per heavy atom. The molecule has 4 aliphatic heterocycles. The van der Waals surface area contributed by atoms with Crippen LogP contribution in [0.25, 0.3) is 10.9 Å². The zero-order valence-corrected chi connectivity index (χ0v) is 36.2. The van der Waals surface area contributed by atoms with Crippen molar-refractivity contribution in [2.45, 2.75) is 76.7 Å². The van der Waals surface area contributed by atoms with Crippen LogP contribution in [0.2, 0.25) is 0 Å². The number of nitrogens with zero attached hydrogens (tertiary/aromatic N) is 9. The predicted octanol–water partition coefficient (Wildman–Crippen LogP) is 3.52. The highest BCUT2D eigenvalue weighted by Crippen LogP contribution is 2.36. The molecule has 61 heavy (non-hydrogen) atoms. The van der Waals surface area contributed by atoms with Crippen molar-refractivity contribution in [3.63, 3.8) is 0 Å². The first-order valence-corrected chi connectivity index (χ1v) is 22.2. The lowest BCUT2D eigenvalue weighted by Crippen LogP contribution is -2.59. The molecule has 4 amide bonds. The van der Waals surface area contributed by atoms with Crippen LogP contribution in [0.5, 0.6) is 0 Å². The molecule has 4 N–H and O–H groups in total. The maximum atomic E-state index is 14.7. The van der Waals surface area contributed by atoms with Gasteiger partial charge in [-0.1, -0.05) is 6.07 Å². The molecule has 1 unspecified atom stereocenters. The topological polar surface area (TPSA) is 161 Å². The average molecular weight is 834 g/mol. The van der Waals surface area contributed by atoms with Crippen LogP contribution in [0.4, 0.5) is 22.0 Å². The maximum absolute atomic E-state index is 14.7. The van der Waals surface area contributed by atoms with Gasteiger partial charge in [-0.25, -0.2) is 9.78 Å². The molecule has 3 atom stereocenters. The number of anilines is 3. The molecule has 4 aromatic rings. The van der Waals surface area contributed by atoms with Gasteiger partial charge in [0.2, 0.25) is 11.8 Å². The number of benzene rings is 1. The van der Waals surface area contributed by atoms with Gasteiger partial charge in [0.05, 0.1) is 23.6 Å². The zero-order valence-electron chi connectivity index (χ0n) is 36.2.